The first-order valence-electron chi connectivity index (χ1n) is 42.3. The second kappa shape index (κ2) is 38.5. The summed E-state index contributed by atoms with van der Waals surface area (Å²) >= 11 is 0. The highest BCUT2D eigenvalue weighted by Crippen LogP contribution is 2.36. The summed E-state index contributed by atoms with van der Waals surface area (Å²) in [5, 5.41) is 56.0. The summed E-state index contributed by atoms with van der Waals surface area (Å²) < 4.78 is 32.1. The van der Waals surface area contributed by atoms with Crippen molar-refractivity contribution in [1.82, 2.24) is 91.7 Å². The van der Waals surface area contributed by atoms with Crippen LogP contribution in [0.5, 0.6) is 11.5 Å². The van der Waals surface area contributed by atoms with Gasteiger partial charge in [-0.05, 0) is 147 Å². The number of ether oxygens (including phenoxy) is 4. The van der Waals surface area contributed by atoms with Crippen molar-refractivity contribution in [1.29, 1.82) is 0 Å². The third kappa shape index (κ3) is 23.1. The Balaban J connectivity index is 0.897. The van der Waals surface area contributed by atoms with E-state index in [4.69, 9.17) is 23.4 Å². The third-order valence-corrected chi connectivity index (χ3v) is 22.7. The summed E-state index contributed by atoms with van der Waals surface area (Å²) in [5.74, 6) is -7.99. The number of carbonyl (C=O) groups excluding carboxylic acids is 10. The first-order chi connectivity index (χ1) is 59.9. The fourth-order valence-electron chi connectivity index (χ4n) is 15.5. The number of carbonyl (C=O) groups is 11. The van der Waals surface area contributed by atoms with E-state index in [1.54, 1.807) is 150 Å². The van der Waals surface area contributed by atoms with E-state index in [0.717, 1.165) is 31.3 Å². The highest BCUT2D eigenvalue weighted by molar-refractivity contribution is 5.99. The lowest BCUT2D eigenvalue weighted by atomic mass is 9.85. The molecule has 12 atom stereocenters. The van der Waals surface area contributed by atoms with Crippen molar-refractivity contribution in [2.75, 3.05) is 27.2 Å². The number of rotatable bonds is 14. The summed E-state index contributed by atoms with van der Waals surface area (Å²) in [6, 6.07) is 23.6. The van der Waals surface area contributed by atoms with Gasteiger partial charge in [0.1, 0.15) is 108 Å². The monoisotopic (exact) mass is 1740 g/mol. The molecule has 6 aliphatic rings. The van der Waals surface area contributed by atoms with Gasteiger partial charge in [0.15, 0.2) is 0 Å². The van der Waals surface area contributed by atoms with Crippen molar-refractivity contribution >= 4 is 87.0 Å². The van der Waals surface area contributed by atoms with Crippen LogP contribution < -0.4 is 47.1 Å². The number of benzene rings is 6. The minimum absolute atomic E-state index is 0.0612. The average Bonchev–Trinajstić information content (AvgIpc) is 1.64. The molecule has 8 N–H and O–H groups in total. The molecule has 127 heavy (non-hydrogen) atoms. The zero-order chi connectivity index (χ0) is 91.9. The van der Waals surface area contributed by atoms with E-state index in [1.165, 1.54) is 47.1 Å². The first kappa shape index (κ1) is 92.6. The van der Waals surface area contributed by atoms with Crippen molar-refractivity contribution in [2.24, 2.45) is 10.8 Å². The molecule has 6 aromatic carbocycles. The lowest BCUT2D eigenvalue weighted by Gasteiger charge is -2.37. The number of aliphatic carboxylic acids is 1. The van der Waals surface area contributed by atoms with Crippen molar-refractivity contribution in [3.63, 3.8) is 0 Å². The number of fused-ring (bicyclic) bond motifs is 2. The highest BCUT2D eigenvalue weighted by Gasteiger charge is 2.51. The minimum atomic E-state index is -1.59. The van der Waals surface area contributed by atoms with E-state index in [0.29, 0.717) is 33.8 Å². The number of H-pyrrole nitrogens is 1. The molecule has 0 radical (unpaired) electrons. The number of amides is 10. The third-order valence-electron chi connectivity index (χ3n) is 22.7. The van der Waals surface area contributed by atoms with Gasteiger partial charge < -0.3 is 70.2 Å². The molecule has 3 aromatic heterocycles. The molecule has 9 heterocycles. The number of aromatic nitrogens is 8. The number of nitrogens with one attached hydrogen (secondary N) is 7. The fourth-order valence-corrected chi connectivity index (χ4v) is 15.5. The average molecular weight is 1750 g/mol. The van der Waals surface area contributed by atoms with Crippen LogP contribution in [0, 0.1) is 10.8 Å². The molecule has 36 heteroatoms. The molecule has 9 aromatic rings. The lowest BCUT2D eigenvalue weighted by molar-refractivity contribution is -0.146. The Hall–Kier alpha value is -13.6. The number of nitrogens with zero attached hydrogens (tertiary/aromatic N) is 11. The molecule has 6 aliphatic heterocycles. The number of hydrogen-bond acceptors (Lipinski definition) is 22. The van der Waals surface area contributed by atoms with E-state index >= 15 is 28.8 Å². The van der Waals surface area contributed by atoms with E-state index in [2.05, 4.69) is 62.7 Å². The van der Waals surface area contributed by atoms with Crippen LogP contribution in [0.4, 0.5) is 9.59 Å². The van der Waals surface area contributed by atoms with Crippen LogP contribution >= 0.6 is 0 Å². The zero-order valence-electron chi connectivity index (χ0n) is 74.2. The van der Waals surface area contributed by atoms with Crippen molar-refractivity contribution < 1.29 is 81.2 Å². The van der Waals surface area contributed by atoms with Crippen molar-refractivity contribution in [2.45, 2.75) is 232 Å². The number of aromatic amines is 1. The van der Waals surface area contributed by atoms with Gasteiger partial charge in [0.2, 0.25) is 53.1 Å². The normalized spacial score (nSPS) is 20.5. The largest absolute Gasteiger partial charge is 0.487 e. The van der Waals surface area contributed by atoms with Crippen LogP contribution in [0.1, 0.15) is 167 Å². The van der Waals surface area contributed by atoms with Crippen LogP contribution in [0.2, 0.25) is 0 Å². The molecule has 0 spiro atoms. The van der Waals surface area contributed by atoms with Gasteiger partial charge in [-0.2, -0.15) is 0 Å². The Kier molecular flexibility index (Phi) is 28.1. The Morgan fingerprint density at radius 3 is 1.31 bits per heavy atom. The summed E-state index contributed by atoms with van der Waals surface area (Å²) in [5.41, 5.74) is -1.14. The Labute approximate surface area is 734 Å². The van der Waals surface area contributed by atoms with E-state index < -0.39 is 166 Å². The molecule has 674 valence electrons. The minimum Gasteiger partial charge on any atom is -0.487 e. The van der Waals surface area contributed by atoms with E-state index in [-0.39, 0.29) is 82.1 Å². The van der Waals surface area contributed by atoms with Gasteiger partial charge >= 0.3 is 23.9 Å². The molecule has 0 aliphatic carbocycles. The predicted octanol–water partition coefficient (Wildman–Crippen LogP) is 7.55. The SMILES string of the molecule is C[C@@H](C(=O)N[C@H](C(=O)N1CC[C@@H]2[C@H]1C(=O)N[C@@H](Cc1ccc3ccccc3c1)C(=O)N[C@H](C(=O)O)Cc1ccc(cc1)OCc1cn(nn1)[C@@H]1CCN(C(=O)[C@@H](NC(=O)[C@H](C)N(C)C(=O)OC(C)(C)C)C(C)(C)C)[C@@H]1C(=O)N[C@@H](Cc1ccc3ccccc3c1)C(=O)N[C@H](c1n[nH]c(=O)o1)Cc1ccc(cc1)OCc1cn2nn1)C(C)(C)C)N(C)C(=O)OC(C)(C)C. The van der Waals surface area contributed by atoms with Gasteiger partial charge in [0, 0.05) is 52.9 Å². The summed E-state index contributed by atoms with van der Waals surface area (Å²) in [7, 11) is 2.80. The molecule has 15 rings (SSSR count). The van der Waals surface area contributed by atoms with Gasteiger partial charge in [-0.3, -0.25) is 48.2 Å². The van der Waals surface area contributed by atoms with Gasteiger partial charge in [0.05, 0.1) is 24.5 Å². The second-order valence-electron chi connectivity index (χ2n) is 36.8. The van der Waals surface area contributed by atoms with Gasteiger partial charge in [-0.1, -0.05) is 161 Å². The van der Waals surface area contributed by atoms with E-state index in [1.807, 2.05) is 78.9 Å². The first-order valence-corrected chi connectivity index (χ1v) is 42.3. The maximum atomic E-state index is 16.0. The topological polar surface area (TPSA) is 450 Å². The zero-order valence-corrected chi connectivity index (χ0v) is 74.2. The maximum absolute atomic E-state index is 16.0. The molecule has 0 unspecified atom stereocenters. The quantitative estimate of drug-likeness (QED) is 0.0520. The molecule has 8 bridgehead atoms. The van der Waals surface area contributed by atoms with Crippen LogP contribution in [0.3, 0.4) is 0 Å². The predicted molar refractivity (Wildman–Crippen MR) is 464 cm³/mol. The van der Waals surface area contributed by atoms with Crippen molar-refractivity contribution in [3.05, 3.63) is 196 Å². The molecule has 36 nitrogen and oxygen atoms in total. The molecule has 0 saturated carbocycles. The highest BCUT2D eigenvalue weighted by atomic mass is 16.6. The second-order valence-corrected chi connectivity index (χ2v) is 36.8. The van der Waals surface area contributed by atoms with Crippen LogP contribution in [0.15, 0.2) is 155 Å². The van der Waals surface area contributed by atoms with E-state index in [9.17, 15) is 33.9 Å². The van der Waals surface area contributed by atoms with Crippen molar-refractivity contribution in [3.8, 4) is 11.5 Å². The Bertz CT molecular complexity index is 5600. The van der Waals surface area contributed by atoms with Crippen LogP contribution in [0.25, 0.3) is 21.5 Å². The van der Waals surface area contributed by atoms with Crippen LogP contribution in [-0.4, -0.2) is 223 Å². The fraction of sp³-hybridized carbons (Fsp3) is 0.462. The van der Waals surface area contributed by atoms with Crippen LogP contribution in [-0.2, 0) is 91.5 Å². The molecule has 2 saturated heterocycles. The smallest absolute Gasteiger partial charge is 0.434 e. The summed E-state index contributed by atoms with van der Waals surface area (Å²) in [6.07, 6.45) is 1.07. The molecular formula is C91H112N18O18. The lowest BCUT2D eigenvalue weighted by Crippen LogP contribution is -2.62. The molecule has 2 fully saturated rings. The Morgan fingerprint density at radius 1 is 0.520 bits per heavy atom. The van der Waals surface area contributed by atoms with Gasteiger partial charge in [0.25, 0.3) is 0 Å². The van der Waals surface area contributed by atoms with Gasteiger partial charge in [-0.15, -0.1) is 15.3 Å². The molecular weight excluding hydrogens is 1630 g/mol. The molecule has 10 amide bonds. The number of carboxylic acid groups (broad SMARTS) is 1. The number of likely N-dealkylation sites (N-methyl/N-ethyl adjacent to an activating group) is 2. The van der Waals surface area contributed by atoms with Gasteiger partial charge in [-0.25, -0.2) is 33.6 Å². The summed E-state index contributed by atoms with van der Waals surface area (Å²) in [6.45, 7) is 22.9. The number of hydrogen-bond donors (Lipinski definition) is 8. The number of carboxylic acids is 1. The number of likely N-dealkylation sites (tertiary alicyclic amines) is 2. The maximum Gasteiger partial charge on any atom is 0.434 e. The summed E-state index contributed by atoms with van der Waals surface area (Å²) in [4.78, 5) is 180. The standard InChI is InChI=1S/C91H112N18O18/c1-51(104(15)86(121)126-90(9,10)11)75(110)96-73(88(3,4)5)82(116)106-39-37-69-71(106)79(114)92-65(45-55-25-31-57-21-17-19-23-59(57)41-55)77(112)94-67(81-100-101-85(120)125-81)43-53-27-33-63(34-28-53)123-49-61-47-109(103-98-61)70-38-40-107(83(117)74(89(6,7)8)97-76(111)52(2)105(16)87(122)127-91(12,13)14)72(70)80(115)93-66(46-56-26-32-58-22-18-20-24-60(58)42-56)78(113)95-68(84(118)119)44-54-29-35-64(36-30-54)124-50-62-48-108(69)102-99-62/h17-36,41-42,47-48,51-52,65-74H,37-40,43-46,49-50H2,1-16H3,(H,92,114)(H,93,115)(H,94,112)(H,95,113)(H,96,110)(H,97,111)(H,101,120)(H,118,119)/t51-,52-,65-,66-,67-,68-,69+,70+,71-,72-,73+,74+/m0/s1. The Morgan fingerprint density at radius 2 is 0.921 bits per heavy atom.